The molecule has 1 saturated carbocycles. The number of nitrogens with zero attached hydrogens (tertiary/aromatic N) is 2. The second-order valence-electron chi connectivity index (χ2n) is 5.10. The smallest absolute Gasteiger partial charge is 0.305 e. The van der Waals surface area contributed by atoms with Gasteiger partial charge in [-0.25, -0.2) is 13.1 Å². The second-order valence-corrected chi connectivity index (χ2v) is 6.81. The van der Waals surface area contributed by atoms with E-state index in [2.05, 4.69) is 16.7 Å². The van der Waals surface area contributed by atoms with Gasteiger partial charge < -0.3 is 5.11 Å². The Hall–Kier alpha value is -1.41. The highest BCUT2D eigenvalue weighted by Gasteiger charge is 2.39. The number of hydrogen-bond donors (Lipinski definition) is 2. The summed E-state index contributed by atoms with van der Waals surface area (Å²) in [5.41, 5.74) is 0. The van der Waals surface area contributed by atoms with Crippen LogP contribution in [-0.4, -0.2) is 35.3 Å². The van der Waals surface area contributed by atoms with Crippen LogP contribution < -0.4 is 4.72 Å². The van der Waals surface area contributed by atoms with Crippen LogP contribution in [0.4, 0.5) is 0 Å². The number of carboxylic acid groups (broad SMARTS) is 1. The summed E-state index contributed by atoms with van der Waals surface area (Å²) >= 11 is 0. The van der Waals surface area contributed by atoms with E-state index in [1.165, 1.54) is 17.1 Å². The number of carboxylic acids is 1. The number of sulfonamides is 1. The molecule has 0 aliphatic heterocycles. The van der Waals surface area contributed by atoms with E-state index in [0.29, 0.717) is 5.92 Å². The topological polar surface area (TPSA) is 101 Å². The Morgan fingerprint density at radius 2 is 2.35 bits per heavy atom. The third kappa shape index (κ3) is 3.80. The molecule has 0 radical (unpaired) electrons. The number of aliphatic carboxylic acids is 1. The Kier molecular flexibility index (Phi) is 4.44. The van der Waals surface area contributed by atoms with Crippen LogP contribution in [0.1, 0.15) is 32.6 Å². The number of aromatic nitrogens is 2. The standard InChI is InChI=1S/C12H19N3O4S/c1-2-3-9-6-11(9)14-20(18,19)10-7-13-15(8-10)5-4-12(16)17/h7-9,11,14H,2-6H2,1H3,(H,16,17). The zero-order valence-electron chi connectivity index (χ0n) is 11.3. The van der Waals surface area contributed by atoms with Crippen molar-refractivity contribution >= 4 is 16.0 Å². The first-order chi connectivity index (χ1) is 9.42. The molecule has 0 spiro atoms. The quantitative estimate of drug-likeness (QED) is 0.740. The summed E-state index contributed by atoms with van der Waals surface area (Å²) in [6.45, 7) is 2.24. The normalized spacial score (nSPS) is 21.9. The van der Waals surface area contributed by atoms with Crippen molar-refractivity contribution in [2.45, 2.75) is 50.1 Å². The third-order valence-electron chi connectivity index (χ3n) is 3.36. The molecule has 7 nitrogen and oxygen atoms in total. The molecule has 2 rings (SSSR count). The molecule has 0 aromatic carbocycles. The van der Waals surface area contributed by atoms with Gasteiger partial charge in [-0.2, -0.15) is 5.10 Å². The van der Waals surface area contributed by atoms with Gasteiger partial charge in [-0.15, -0.1) is 0 Å². The van der Waals surface area contributed by atoms with Crippen LogP contribution in [0, 0.1) is 5.92 Å². The number of rotatable bonds is 8. The van der Waals surface area contributed by atoms with Gasteiger partial charge in [0.1, 0.15) is 4.90 Å². The lowest BCUT2D eigenvalue weighted by Gasteiger charge is -2.03. The molecule has 0 bridgehead atoms. The Morgan fingerprint density at radius 1 is 1.60 bits per heavy atom. The van der Waals surface area contributed by atoms with Crippen molar-refractivity contribution < 1.29 is 18.3 Å². The van der Waals surface area contributed by atoms with E-state index in [4.69, 9.17) is 5.11 Å². The van der Waals surface area contributed by atoms with Crippen molar-refractivity contribution in [3.8, 4) is 0 Å². The van der Waals surface area contributed by atoms with Gasteiger partial charge in [-0.05, 0) is 18.8 Å². The molecule has 1 heterocycles. The van der Waals surface area contributed by atoms with Gasteiger partial charge in [0.25, 0.3) is 0 Å². The molecule has 0 saturated heterocycles. The molecule has 1 aromatic heterocycles. The maximum atomic E-state index is 12.1. The zero-order chi connectivity index (χ0) is 14.8. The van der Waals surface area contributed by atoms with Gasteiger partial charge in [0.05, 0.1) is 19.2 Å². The lowest BCUT2D eigenvalue weighted by molar-refractivity contribution is -0.137. The van der Waals surface area contributed by atoms with Gasteiger partial charge >= 0.3 is 5.97 Å². The highest BCUT2D eigenvalue weighted by molar-refractivity contribution is 7.89. The van der Waals surface area contributed by atoms with E-state index < -0.39 is 16.0 Å². The van der Waals surface area contributed by atoms with Crippen LogP contribution in [0.3, 0.4) is 0 Å². The third-order valence-corrected chi connectivity index (χ3v) is 4.81. The van der Waals surface area contributed by atoms with E-state index in [0.717, 1.165) is 19.3 Å². The summed E-state index contributed by atoms with van der Waals surface area (Å²) in [6, 6.07) is 0.0299. The van der Waals surface area contributed by atoms with Crippen molar-refractivity contribution in [3.05, 3.63) is 12.4 Å². The van der Waals surface area contributed by atoms with Crippen molar-refractivity contribution in [1.82, 2.24) is 14.5 Å². The molecule has 1 aliphatic rings. The molecule has 1 aliphatic carbocycles. The molecule has 0 amide bonds. The lowest BCUT2D eigenvalue weighted by atomic mass is 10.2. The molecule has 8 heteroatoms. The monoisotopic (exact) mass is 301 g/mol. The van der Waals surface area contributed by atoms with Crippen LogP contribution in [-0.2, 0) is 21.4 Å². The summed E-state index contributed by atoms with van der Waals surface area (Å²) in [5.74, 6) is -0.500. The number of nitrogens with one attached hydrogen (secondary N) is 1. The highest BCUT2D eigenvalue weighted by atomic mass is 32.2. The Balaban J connectivity index is 1.94. The fourth-order valence-corrected chi connectivity index (χ4v) is 3.43. The minimum Gasteiger partial charge on any atom is -0.481 e. The first-order valence-corrected chi connectivity index (χ1v) is 8.17. The predicted octanol–water partition coefficient (Wildman–Crippen LogP) is 0.825. The van der Waals surface area contributed by atoms with E-state index in [1.54, 1.807) is 0 Å². The molecular weight excluding hydrogens is 282 g/mol. The fraction of sp³-hybridized carbons (Fsp3) is 0.667. The number of hydrogen-bond acceptors (Lipinski definition) is 4. The van der Waals surface area contributed by atoms with Crippen molar-refractivity contribution in [1.29, 1.82) is 0 Å². The molecular formula is C12H19N3O4S. The summed E-state index contributed by atoms with van der Waals surface area (Å²) in [7, 11) is -3.55. The zero-order valence-corrected chi connectivity index (χ0v) is 12.1. The summed E-state index contributed by atoms with van der Waals surface area (Å²) in [6.07, 6.45) is 5.50. The average Bonchev–Trinajstić information content (AvgIpc) is 2.91. The molecule has 1 aromatic rings. The van der Waals surface area contributed by atoms with Crippen LogP contribution in [0.5, 0.6) is 0 Å². The van der Waals surface area contributed by atoms with Crippen molar-refractivity contribution in [2.75, 3.05) is 0 Å². The predicted molar refractivity (Wildman–Crippen MR) is 71.6 cm³/mol. The number of aryl methyl sites for hydroxylation is 1. The molecule has 1 fully saturated rings. The maximum absolute atomic E-state index is 12.1. The summed E-state index contributed by atoms with van der Waals surface area (Å²) in [5, 5.41) is 12.4. The van der Waals surface area contributed by atoms with Crippen molar-refractivity contribution in [2.24, 2.45) is 5.92 Å². The van der Waals surface area contributed by atoms with E-state index in [9.17, 15) is 13.2 Å². The van der Waals surface area contributed by atoms with E-state index >= 15 is 0 Å². The van der Waals surface area contributed by atoms with Gasteiger partial charge in [0.2, 0.25) is 10.0 Å². The fourth-order valence-electron chi connectivity index (χ4n) is 2.16. The first kappa shape index (κ1) is 15.0. The summed E-state index contributed by atoms with van der Waals surface area (Å²) < 4.78 is 28.2. The minimum absolute atomic E-state index is 0.0299. The first-order valence-electron chi connectivity index (χ1n) is 6.69. The Labute approximate surface area is 118 Å². The van der Waals surface area contributed by atoms with Gasteiger partial charge in [-0.1, -0.05) is 13.3 Å². The van der Waals surface area contributed by atoms with Gasteiger partial charge in [0, 0.05) is 12.2 Å². The average molecular weight is 301 g/mol. The van der Waals surface area contributed by atoms with Crippen molar-refractivity contribution in [3.63, 3.8) is 0 Å². The Morgan fingerprint density at radius 3 is 3.00 bits per heavy atom. The lowest BCUT2D eigenvalue weighted by Crippen LogP contribution is -2.26. The van der Waals surface area contributed by atoms with Crippen LogP contribution in [0.25, 0.3) is 0 Å². The molecule has 2 atom stereocenters. The largest absolute Gasteiger partial charge is 0.481 e. The molecule has 112 valence electrons. The second kappa shape index (κ2) is 5.92. The molecule has 2 unspecified atom stereocenters. The molecule has 20 heavy (non-hydrogen) atoms. The summed E-state index contributed by atoms with van der Waals surface area (Å²) in [4.78, 5) is 10.5. The van der Waals surface area contributed by atoms with Gasteiger partial charge in [0.15, 0.2) is 0 Å². The van der Waals surface area contributed by atoms with E-state index in [1.807, 2.05) is 0 Å². The highest BCUT2D eigenvalue weighted by Crippen LogP contribution is 2.35. The SMILES string of the molecule is CCCC1CC1NS(=O)(=O)c1cnn(CCC(=O)O)c1. The van der Waals surface area contributed by atoms with Crippen LogP contribution in [0.2, 0.25) is 0 Å². The maximum Gasteiger partial charge on any atom is 0.305 e. The Bertz CT molecular complexity index is 581. The van der Waals surface area contributed by atoms with Crippen LogP contribution >= 0.6 is 0 Å². The van der Waals surface area contributed by atoms with E-state index in [-0.39, 0.29) is 23.9 Å². The number of carbonyl (C=O) groups is 1. The van der Waals surface area contributed by atoms with Gasteiger partial charge in [-0.3, -0.25) is 9.48 Å². The minimum atomic E-state index is -3.55. The molecule has 2 N–H and O–H groups in total. The van der Waals surface area contributed by atoms with Crippen LogP contribution in [0.15, 0.2) is 17.3 Å².